The molecule has 1 saturated heterocycles. The number of hydrogen-bond donors (Lipinski definition) is 2. The maximum atomic E-state index is 12.5. The van der Waals surface area contributed by atoms with E-state index >= 15 is 0 Å². The summed E-state index contributed by atoms with van der Waals surface area (Å²) in [4.78, 5) is 54.6. The second-order valence-electron chi connectivity index (χ2n) is 7.70. The summed E-state index contributed by atoms with van der Waals surface area (Å²) in [6, 6.07) is 0. The summed E-state index contributed by atoms with van der Waals surface area (Å²) >= 11 is 0. The fourth-order valence-electron chi connectivity index (χ4n) is 2.60. The second kappa shape index (κ2) is 10.00. The Bertz CT molecular complexity index is 787. The molecule has 0 saturated carbocycles. The van der Waals surface area contributed by atoms with Gasteiger partial charge >= 0.3 is 24.1 Å². The number of esters is 2. The number of methoxy groups -OCH3 is 2. The van der Waals surface area contributed by atoms with Crippen molar-refractivity contribution >= 4 is 30.0 Å². The zero-order chi connectivity index (χ0) is 24.0. The quantitative estimate of drug-likeness (QED) is 0.116. The van der Waals surface area contributed by atoms with Crippen LogP contribution in [0.25, 0.3) is 0 Å². The summed E-state index contributed by atoms with van der Waals surface area (Å²) in [6.07, 6.45) is -1.27. The van der Waals surface area contributed by atoms with Gasteiger partial charge in [0.2, 0.25) is 5.76 Å². The predicted molar refractivity (Wildman–Crippen MR) is 106 cm³/mol. The zero-order valence-corrected chi connectivity index (χ0v) is 18.3. The Balaban J connectivity index is 3.21. The van der Waals surface area contributed by atoms with E-state index in [9.17, 15) is 24.3 Å². The molecule has 0 bridgehead atoms. The first-order valence-electron chi connectivity index (χ1n) is 9.12. The molecule has 174 valence electrons. The lowest BCUT2D eigenvalue weighted by atomic mass is 9.95. The van der Waals surface area contributed by atoms with Crippen LogP contribution in [0.3, 0.4) is 0 Å². The number of carbonyl (C=O) groups excluding carboxylic acids is 3. The lowest BCUT2D eigenvalue weighted by Crippen LogP contribution is -2.68. The van der Waals surface area contributed by atoms with Crippen molar-refractivity contribution in [3.05, 3.63) is 11.8 Å². The smallest absolute Gasteiger partial charge is 0.410 e. The number of carbonyl (C=O) groups is 4. The van der Waals surface area contributed by atoms with Crippen molar-refractivity contribution in [2.75, 3.05) is 33.9 Å². The highest BCUT2D eigenvalue weighted by molar-refractivity contribution is 5.96. The maximum Gasteiger partial charge on any atom is 0.410 e. The van der Waals surface area contributed by atoms with Crippen molar-refractivity contribution in [2.24, 2.45) is 10.9 Å². The van der Waals surface area contributed by atoms with Gasteiger partial charge in [-0.3, -0.25) is 4.90 Å². The summed E-state index contributed by atoms with van der Waals surface area (Å²) in [7, 11) is 2.14. The average molecular weight is 444 g/mol. The molecule has 1 atom stereocenters. The number of amides is 2. The van der Waals surface area contributed by atoms with E-state index in [1.807, 2.05) is 0 Å². The van der Waals surface area contributed by atoms with Gasteiger partial charge in [-0.15, -0.1) is 0 Å². The van der Waals surface area contributed by atoms with Crippen LogP contribution in [0.4, 0.5) is 9.59 Å². The SMILES string of the molecule is COC(=O)C=C(O/N=C(\N)C1(C)CN(C(=O)OC(C)(C)C)CCN1C(=O)O)C(=O)OC. The number of nitrogens with zero attached hydrogens (tertiary/aromatic N) is 3. The van der Waals surface area contributed by atoms with Crippen LogP contribution < -0.4 is 5.73 Å². The molecule has 13 nitrogen and oxygen atoms in total. The predicted octanol–water partition coefficient (Wildman–Crippen LogP) is 0.495. The highest BCUT2D eigenvalue weighted by Crippen LogP contribution is 2.24. The third kappa shape index (κ3) is 6.76. The van der Waals surface area contributed by atoms with E-state index in [-0.39, 0.29) is 25.5 Å². The second-order valence-corrected chi connectivity index (χ2v) is 7.70. The van der Waals surface area contributed by atoms with Crippen LogP contribution >= 0.6 is 0 Å². The summed E-state index contributed by atoms with van der Waals surface area (Å²) in [5, 5.41) is 13.2. The van der Waals surface area contributed by atoms with Gasteiger partial charge in [0.1, 0.15) is 11.1 Å². The average Bonchev–Trinajstić information content (AvgIpc) is 2.68. The first-order valence-corrected chi connectivity index (χ1v) is 9.12. The van der Waals surface area contributed by atoms with Crippen molar-refractivity contribution < 1.29 is 43.3 Å². The van der Waals surface area contributed by atoms with Gasteiger partial charge < -0.3 is 34.8 Å². The van der Waals surface area contributed by atoms with Crippen LogP contribution in [0, 0.1) is 0 Å². The lowest BCUT2D eigenvalue weighted by Gasteiger charge is -2.46. The summed E-state index contributed by atoms with van der Waals surface area (Å²) < 4.78 is 14.2. The molecule has 1 fully saturated rings. The van der Waals surface area contributed by atoms with Gasteiger partial charge in [0, 0.05) is 13.1 Å². The molecule has 3 N–H and O–H groups in total. The number of rotatable bonds is 5. The van der Waals surface area contributed by atoms with E-state index in [0.717, 1.165) is 19.1 Å². The van der Waals surface area contributed by atoms with Gasteiger partial charge in [-0.05, 0) is 27.7 Å². The number of carboxylic acid groups (broad SMARTS) is 1. The summed E-state index contributed by atoms with van der Waals surface area (Å²) in [6.45, 7) is 6.32. The Morgan fingerprint density at radius 2 is 1.74 bits per heavy atom. The molecular weight excluding hydrogens is 416 g/mol. The van der Waals surface area contributed by atoms with Crippen molar-refractivity contribution in [3.63, 3.8) is 0 Å². The zero-order valence-electron chi connectivity index (χ0n) is 18.3. The molecule has 1 heterocycles. The topological polar surface area (TPSA) is 170 Å². The molecule has 0 radical (unpaired) electrons. The number of ether oxygens (including phenoxy) is 3. The molecule has 0 aromatic carbocycles. The molecular formula is C18H28N4O9. The third-order valence-electron chi connectivity index (χ3n) is 4.20. The standard InChI is InChI=1S/C18H28N4O9/c1-17(2,3)30-16(27)21-7-8-22(15(25)26)18(4,10-21)14(19)20-31-11(13(24)29-6)9-12(23)28-5/h9H,7-8,10H2,1-6H3,(H2,19,20)(H,25,26). The molecule has 1 aliphatic rings. The first kappa shape index (κ1) is 25.5. The fourth-order valence-corrected chi connectivity index (χ4v) is 2.60. The molecule has 0 aromatic rings. The van der Waals surface area contributed by atoms with E-state index in [4.69, 9.17) is 15.3 Å². The highest BCUT2D eigenvalue weighted by Gasteiger charge is 2.46. The molecule has 1 rings (SSSR count). The minimum absolute atomic E-state index is 0.0700. The van der Waals surface area contributed by atoms with Gasteiger partial charge in [-0.1, -0.05) is 5.16 Å². The number of amidine groups is 1. The summed E-state index contributed by atoms with van der Waals surface area (Å²) in [5.41, 5.74) is 3.72. The molecule has 31 heavy (non-hydrogen) atoms. The van der Waals surface area contributed by atoms with Crippen molar-refractivity contribution in [1.82, 2.24) is 9.80 Å². The lowest BCUT2D eigenvalue weighted by molar-refractivity contribution is -0.142. The number of piperazine rings is 1. The van der Waals surface area contributed by atoms with E-state index in [0.29, 0.717) is 6.08 Å². The molecule has 2 amide bonds. The summed E-state index contributed by atoms with van der Waals surface area (Å²) in [5.74, 6) is -2.96. The molecule has 0 spiro atoms. The van der Waals surface area contributed by atoms with Crippen molar-refractivity contribution in [3.8, 4) is 0 Å². The van der Waals surface area contributed by atoms with Crippen LogP contribution in [0.5, 0.6) is 0 Å². The van der Waals surface area contributed by atoms with Crippen molar-refractivity contribution in [2.45, 2.75) is 38.8 Å². The molecule has 1 unspecified atom stereocenters. The Labute approximate surface area is 179 Å². The van der Waals surface area contributed by atoms with Gasteiger partial charge in [-0.25, -0.2) is 19.2 Å². The minimum atomic E-state index is -1.52. The monoisotopic (exact) mass is 444 g/mol. The van der Waals surface area contributed by atoms with Crippen LogP contribution in [-0.2, 0) is 28.6 Å². The maximum absolute atomic E-state index is 12.5. The molecule has 1 aliphatic heterocycles. The van der Waals surface area contributed by atoms with E-state index < -0.39 is 41.0 Å². The normalized spacial score (nSPS) is 20.1. The van der Waals surface area contributed by atoms with E-state index in [1.54, 1.807) is 20.8 Å². The van der Waals surface area contributed by atoms with Crippen LogP contribution in [0.15, 0.2) is 17.0 Å². The van der Waals surface area contributed by atoms with Crippen LogP contribution in [0.2, 0.25) is 0 Å². The fraction of sp³-hybridized carbons (Fsp3) is 0.611. The van der Waals surface area contributed by atoms with Crippen molar-refractivity contribution in [1.29, 1.82) is 0 Å². The Hall–Kier alpha value is -3.51. The van der Waals surface area contributed by atoms with E-state index in [1.165, 1.54) is 11.8 Å². The highest BCUT2D eigenvalue weighted by atomic mass is 16.7. The molecule has 0 aliphatic carbocycles. The third-order valence-corrected chi connectivity index (χ3v) is 4.20. The van der Waals surface area contributed by atoms with E-state index in [2.05, 4.69) is 14.6 Å². The van der Waals surface area contributed by atoms with Crippen LogP contribution in [0.1, 0.15) is 27.7 Å². The number of hydrogen-bond acceptors (Lipinski definition) is 9. The molecule has 13 heteroatoms. The van der Waals surface area contributed by atoms with Gasteiger partial charge in [0.05, 0.1) is 26.8 Å². The number of oxime groups is 1. The Morgan fingerprint density at radius 3 is 2.23 bits per heavy atom. The number of nitrogens with two attached hydrogens (primary N) is 1. The first-order chi connectivity index (χ1) is 14.2. The minimum Gasteiger partial charge on any atom is -0.466 e. The Kier molecular flexibility index (Phi) is 8.23. The largest absolute Gasteiger partial charge is 0.466 e. The van der Waals surface area contributed by atoms with Gasteiger partial charge in [-0.2, -0.15) is 0 Å². The van der Waals surface area contributed by atoms with Gasteiger partial charge in [0.25, 0.3) is 0 Å². The molecule has 0 aromatic heterocycles. The Morgan fingerprint density at radius 1 is 1.13 bits per heavy atom. The van der Waals surface area contributed by atoms with Gasteiger partial charge in [0.15, 0.2) is 5.84 Å². The van der Waals surface area contributed by atoms with Crippen LogP contribution in [-0.4, -0.2) is 89.9 Å².